The van der Waals surface area contributed by atoms with Crippen LogP contribution in [-0.4, -0.2) is 9.97 Å². The maximum Gasteiger partial charge on any atom is 0.159 e. The van der Waals surface area contributed by atoms with Crippen molar-refractivity contribution in [3.63, 3.8) is 0 Å². The van der Waals surface area contributed by atoms with Crippen molar-refractivity contribution in [3.05, 3.63) is 47.9 Å². The summed E-state index contributed by atoms with van der Waals surface area (Å²) in [5.74, 6) is -1.73. The van der Waals surface area contributed by atoms with Gasteiger partial charge in [-0.05, 0) is 31.2 Å². The Kier molecular flexibility index (Phi) is 2.41. The molecule has 2 nitrogen and oxygen atoms in total. The summed E-state index contributed by atoms with van der Waals surface area (Å²) in [6, 6.07) is 5.41. The Morgan fingerprint density at radius 1 is 1.00 bits per heavy atom. The molecule has 76 valence electrons. The van der Waals surface area contributed by atoms with E-state index in [0.717, 1.165) is 17.8 Å². The van der Waals surface area contributed by atoms with Crippen LogP contribution in [0.1, 0.15) is 5.69 Å². The zero-order chi connectivity index (χ0) is 10.8. The SMILES string of the molecule is Cc1cc(-c2ccc(F)c(F)c2)ncn1. The Balaban J connectivity index is 2.50. The zero-order valence-electron chi connectivity index (χ0n) is 8.04. The molecule has 15 heavy (non-hydrogen) atoms. The molecule has 1 heterocycles. The van der Waals surface area contributed by atoms with E-state index in [9.17, 15) is 8.78 Å². The summed E-state index contributed by atoms with van der Waals surface area (Å²) in [7, 11) is 0. The first kappa shape index (κ1) is 9.71. The van der Waals surface area contributed by atoms with Crippen molar-refractivity contribution < 1.29 is 8.78 Å². The van der Waals surface area contributed by atoms with Crippen LogP contribution in [0.2, 0.25) is 0 Å². The van der Waals surface area contributed by atoms with Crippen LogP contribution in [-0.2, 0) is 0 Å². The molecule has 0 spiro atoms. The second kappa shape index (κ2) is 3.73. The molecule has 0 N–H and O–H groups in total. The minimum absolute atomic E-state index is 0.541. The second-order valence-electron chi connectivity index (χ2n) is 3.17. The third-order valence-corrected chi connectivity index (χ3v) is 2.02. The predicted octanol–water partition coefficient (Wildman–Crippen LogP) is 2.73. The minimum Gasteiger partial charge on any atom is -0.242 e. The molecule has 0 bridgehead atoms. The van der Waals surface area contributed by atoms with E-state index < -0.39 is 11.6 Å². The van der Waals surface area contributed by atoms with E-state index >= 15 is 0 Å². The van der Waals surface area contributed by atoms with Crippen molar-refractivity contribution in [2.75, 3.05) is 0 Å². The molecule has 0 saturated carbocycles. The monoisotopic (exact) mass is 206 g/mol. The van der Waals surface area contributed by atoms with Gasteiger partial charge in [0.15, 0.2) is 11.6 Å². The van der Waals surface area contributed by atoms with Gasteiger partial charge in [-0.15, -0.1) is 0 Å². The van der Waals surface area contributed by atoms with Crippen LogP contribution in [0.5, 0.6) is 0 Å². The van der Waals surface area contributed by atoms with E-state index in [4.69, 9.17) is 0 Å². The van der Waals surface area contributed by atoms with E-state index in [1.165, 1.54) is 12.4 Å². The van der Waals surface area contributed by atoms with Crippen molar-refractivity contribution in [2.45, 2.75) is 6.92 Å². The summed E-state index contributed by atoms with van der Waals surface area (Å²) in [5, 5.41) is 0. The topological polar surface area (TPSA) is 25.8 Å². The number of hydrogen-bond donors (Lipinski definition) is 0. The summed E-state index contributed by atoms with van der Waals surface area (Å²) >= 11 is 0. The van der Waals surface area contributed by atoms with E-state index in [0.29, 0.717) is 11.3 Å². The third-order valence-electron chi connectivity index (χ3n) is 2.02. The molecule has 2 rings (SSSR count). The molecule has 0 unspecified atom stereocenters. The minimum atomic E-state index is -0.872. The molecule has 1 aromatic heterocycles. The standard InChI is InChI=1S/C11H8F2N2/c1-7-4-11(15-6-14-7)8-2-3-9(12)10(13)5-8/h2-6H,1H3. The van der Waals surface area contributed by atoms with E-state index in [2.05, 4.69) is 9.97 Å². The van der Waals surface area contributed by atoms with Gasteiger partial charge in [-0.1, -0.05) is 0 Å². The highest BCUT2D eigenvalue weighted by Gasteiger charge is 2.05. The van der Waals surface area contributed by atoms with Gasteiger partial charge in [0.1, 0.15) is 6.33 Å². The highest BCUT2D eigenvalue weighted by molar-refractivity contribution is 5.58. The molecule has 0 aliphatic heterocycles. The Morgan fingerprint density at radius 3 is 2.47 bits per heavy atom. The van der Waals surface area contributed by atoms with Gasteiger partial charge in [0.05, 0.1) is 5.69 Å². The zero-order valence-corrected chi connectivity index (χ0v) is 8.04. The highest BCUT2D eigenvalue weighted by atomic mass is 19.2. The maximum absolute atomic E-state index is 12.9. The fraction of sp³-hybridized carbons (Fsp3) is 0.0909. The van der Waals surface area contributed by atoms with Gasteiger partial charge in [-0.2, -0.15) is 0 Å². The molecular weight excluding hydrogens is 198 g/mol. The maximum atomic E-state index is 12.9. The van der Waals surface area contributed by atoms with E-state index in [-0.39, 0.29) is 0 Å². The first-order valence-corrected chi connectivity index (χ1v) is 4.41. The molecule has 4 heteroatoms. The Hall–Kier alpha value is -1.84. The molecule has 0 aliphatic rings. The number of aromatic nitrogens is 2. The van der Waals surface area contributed by atoms with Crippen LogP contribution in [0.4, 0.5) is 8.78 Å². The summed E-state index contributed by atoms with van der Waals surface area (Å²) in [6.07, 6.45) is 1.39. The van der Waals surface area contributed by atoms with Crippen molar-refractivity contribution in [1.82, 2.24) is 9.97 Å². The lowest BCUT2D eigenvalue weighted by atomic mass is 10.1. The summed E-state index contributed by atoms with van der Waals surface area (Å²) in [5.41, 5.74) is 1.91. The molecule has 0 amide bonds. The lowest BCUT2D eigenvalue weighted by molar-refractivity contribution is 0.509. The van der Waals surface area contributed by atoms with Crippen LogP contribution in [0.15, 0.2) is 30.6 Å². The molecule has 2 aromatic rings. The predicted molar refractivity (Wildman–Crippen MR) is 52.1 cm³/mol. The van der Waals surface area contributed by atoms with E-state index in [1.54, 1.807) is 6.07 Å². The van der Waals surface area contributed by atoms with Crippen LogP contribution < -0.4 is 0 Å². The fourth-order valence-corrected chi connectivity index (χ4v) is 1.27. The Labute approximate surface area is 85.6 Å². The van der Waals surface area contributed by atoms with Gasteiger partial charge >= 0.3 is 0 Å². The molecule has 0 aliphatic carbocycles. The summed E-state index contributed by atoms with van der Waals surface area (Å²) < 4.78 is 25.6. The van der Waals surface area contributed by atoms with Crippen LogP contribution in [0.25, 0.3) is 11.3 Å². The third kappa shape index (κ3) is 1.98. The quantitative estimate of drug-likeness (QED) is 0.716. The van der Waals surface area contributed by atoms with Crippen LogP contribution in [0.3, 0.4) is 0 Å². The number of halogens is 2. The first-order valence-electron chi connectivity index (χ1n) is 4.41. The van der Waals surface area contributed by atoms with Gasteiger partial charge in [0.25, 0.3) is 0 Å². The lowest BCUT2D eigenvalue weighted by Crippen LogP contribution is -1.90. The highest BCUT2D eigenvalue weighted by Crippen LogP contribution is 2.19. The molecule has 0 radical (unpaired) electrons. The first-order chi connectivity index (χ1) is 7.16. The van der Waals surface area contributed by atoms with E-state index in [1.807, 2.05) is 6.92 Å². The fourth-order valence-electron chi connectivity index (χ4n) is 1.27. The molecule has 1 aromatic carbocycles. The van der Waals surface area contributed by atoms with Crippen molar-refractivity contribution >= 4 is 0 Å². The largest absolute Gasteiger partial charge is 0.242 e. The molecule has 0 fully saturated rings. The van der Waals surface area contributed by atoms with Gasteiger partial charge in [0.2, 0.25) is 0 Å². The number of nitrogens with zero attached hydrogens (tertiary/aromatic N) is 2. The molecular formula is C11H8F2N2. The average Bonchev–Trinajstić information content (AvgIpc) is 2.22. The van der Waals surface area contributed by atoms with Gasteiger partial charge in [-0.25, -0.2) is 18.7 Å². The van der Waals surface area contributed by atoms with Crippen molar-refractivity contribution in [2.24, 2.45) is 0 Å². The number of aryl methyl sites for hydroxylation is 1. The molecule has 0 saturated heterocycles. The smallest absolute Gasteiger partial charge is 0.159 e. The van der Waals surface area contributed by atoms with Crippen LogP contribution >= 0.6 is 0 Å². The Bertz CT molecular complexity index is 498. The van der Waals surface area contributed by atoms with Gasteiger partial charge < -0.3 is 0 Å². The lowest BCUT2D eigenvalue weighted by Gasteiger charge is -2.01. The van der Waals surface area contributed by atoms with Crippen LogP contribution in [0, 0.1) is 18.6 Å². The van der Waals surface area contributed by atoms with Gasteiger partial charge in [0, 0.05) is 11.3 Å². The molecule has 0 atom stereocenters. The van der Waals surface area contributed by atoms with Gasteiger partial charge in [-0.3, -0.25) is 0 Å². The Morgan fingerprint density at radius 2 is 1.80 bits per heavy atom. The average molecular weight is 206 g/mol. The summed E-state index contributed by atoms with van der Waals surface area (Å²) in [6.45, 7) is 1.81. The number of hydrogen-bond acceptors (Lipinski definition) is 2. The number of benzene rings is 1. The normalized spacial score (nSPS) is 10.3. The number of rotatable bonds is 1. The van der Waals surface area contributed by atoms with Crippen molar-refractivity contribution in [1.29, 1.82) is 0 Å². The summed E-state index contributed by atoms with van der Waals surface area (Å²) in [4.78, 5) is 7.91. The van der Waals surface area contributed by atoms with Crippen molar-refractivity contribution in [3.8, 4) is 11.3 Å². The second-order valence-corrected chi connectivity index (χ2v) is 3.17.